The van der Waals surface area contributed by atoms with Crippen LogP contribution in [0.25, 0.3) is 0 Å². The van der Waals surface area contributed by atoms with Gasteiger partial charge in [-0.2, -0.15) is 0 Å². The normalized spacial score (nSPS) is 24.1. The standard InChI is InChI=1S/C13H17ClFNO2S/c14-11-8-10(15)5-4-9(11)7-12(16)13-3-1-2-6-19(13,17)18/h4-5,8,12-13H,1-3,6-7,16H2. The Morgan fingerprint density at radius 2 is 2.16 bits per heavy atom. The lowest BCUT2D eigenvalue weighted by atomic mass is 10.0. The fourth-order valence-electron chi connectivity index (χ4n) is 2.53. The summed E-state index contributed by atoms with van der Waals surface area (Å²) in [6.45, 7) is 0. The van der Waals surface area contributed by atoms with E-state index in [0.717, 1.165) is 6.42 Å². The summed E-state index contributed by atoms with van der Waals surface area (Å²) in [5, 5.41) is -0.217. The van der Waals surface area contributed by atoms with Crippen molar-refractivity contribution >= 4 is 21.4 Å². The van der Waals surface area contributed by atoms with Crippen LogP contribution in [0.5, 0.6) is 0 Å². The van der Waals surface area contributed by atoms with Crippen LogP contribution in [0.2, 0.25) is 5.02 Å². The summed E-state index contributed by atoms with van der Waals surface area (Å²) >= 11 is 5.94. The first-order valence-corrected chi connectivity index (χ1v) is 8.40. The van der Waals surface area contributed by atoms with Gasteiger partial charge in [-0.25, -0.2) is 12.8 Å². The molecule has 1 aromatic carbocycles. The van der Waals surface area contributed by atoms with Gasteiger partial charge in [0.2, 0.25) is 0 Å². The number of nitrogens with two attached hydrogens (primary N) is 1. The summed E-state index contributed by atoms with van der Waals surface area (Å²) in [5.41, 5.74) is 6.72. The molecule has 0 aliphatic carbocycles. The van der Waals surface area contributed by atoms with Crippen LogP contribution in [-0.4, -0.2) is 25.5 Å². The van der Waals surface area contributed by atoms with E-state index in [4.69, 9.17) is 17.3 Å². The lowest BCUT2D eigenvalue weighted by Gasteiger charge is -2.27. The Bertz CT molecular complexity index is 562. The highest BCUT2D eigenvalue weighted by Gasteiger charge is 2.33. The molecule has 0 bridgehead atoms. The maximum Gasteiger partial charge on any atom is 0.154 e. The van der Waals surface area contributed by atoms with Gasteiger partial charge in [0, 0.05) is 11.1 Å². The van der Waals surface area contributed by atoms with Gasteiger partial charge >= 0.3 is 0 Å². The van der Waals surface area contributed by atoms with Crippen LogP contribution >= 0.6 is 11.6 Å². The second kappa shape index (κ2) is 5.77. The van der Waals surface area contributed by atoms with Gasteiger partial charge in [-0.05, 0) is 37.0 Å². The van der Waals surface area contributed by atoms with E-state index >= 15 is 0 Å². The first kappa shape index (κ1) is 14.8. The zero-order valence-corrected chi connectivity index (χ0v) is 12.1. The summed E-state index contributed by atoms with van der Waals surface area (Å²) in [7, 11) is -3.11. The molecule has 0 spiro atoms. The minimum Gasteiger partial charge on any atom is -0.326 e. The van der Waals surface area contributed by atoms with Gasteiger partial charge in [0.25, 0.3) is 0 Å². The Labute approximate surface area is 117 Å². The molecule has 0 amide bonds. The monoisotopic (exact) mass is 305 g/mol. The Morgan fingerprint density at radius 1 is 1.42 bits per heavy atom. The van der Waals surface area contributed by atoms with E-state index in [1.807, 2.05) is 0 Å². The van der Waals surface area contributed by atoms with E-state index in [2.05, 4.69) is 0 Å². The molecule has 19 heavy (non-hydrogen) atoms. The number of halogens is 2. The summed E-state index contributed by atoms with van der Waals surface area (Å²) < 4.78 is 36.9. The van der Waals surface area contributed by atoms with Gasteiger partial charge in [-0.3, -0.25) is 0 Å². The molecular weight excluding hydrogens is 289 g/mol. The van der Waals surface area contributed by atoms with Gasteiger partial charge in [0.15, 0.2) is 9.84 Å². The first-order valence-electron chi connectivity index (χ1n) is 6.31. The highest BCUT2D eigenvalue weighted by molar-refractivity contribution is 7.92. The van der Waals surface area contributed by atoms with E-state index in [0.29, 0.717) is 29.8 Å². The predicted octanol–water partition coefficient (Wildman–Crippen LogP) is 2.32. The Hall–Kier alpha value is -0.650. The zero-order chi connectivity index (χ0) is 14.0. The molecule has 6 heteroatoms. The molecule has 1 aliphatic heterocycles. The maximum atomic E-state index is 13.0. The van der Waals surface area contributed by atoms with E-state index in [1.165, 1.54) is 12.1 Å². The minimum atomic E-state index is -3.11. The summed E-state index contributed by atoms with van der Waals surface area (Å²) in [4.78, 5) is 0. The predicted molar refractivity (Wildman–Crippen MR) is 74.5 cm³/mol. The van der Waals surface area contributed by atoms with Crippen molar-refractivity contribution in [3.63, 3.8) is 0 Å². The Balaban J connectivity index is 2.14. The molecule has 0 aromatic heterocycles. The third-order valence-electron chi connectivity index (χ3n) is 3.58. The van der Waals surface area contributed by atoms with Crippen molar-refractivity contribution in [1.82, 2.24) is 0 Å². The lowest BCUT2D eigenvalue weighted by molar-refractivity contribution is 0.495. The fraction of sp³-hybridized carbons (Fsp3) is 0.538. The van der Waals surface area contributed by atoms with E-state index in [9.17, 15) is 12.8 Å². The molecule has 0 radical (unpaired) electrons. The quantitative estimate of drug-likeness (QED) is 0.932. The molecule has 0 saturated carbocycles. The average molecular weight is 306 g/mol. The molecule has 3 nitrogen and oxygen atoms in total. The third kappa shape index (κ3) is 3.46. The molecule has 1 saturated heterocycles. The maximum absolute atomic E-state index is 13.0. The van der Waals surface area contributed by atoms with Crippen molar-refractivity contribution in [1.29, 1.82) is 0 Å². The number of benzene rings is 1. The second-order valence-corrected chi connectivity index (χ2v) is 7.75. The average Bonchev–Trinajstić information content (AvgIpc) is 2.32. The minimum absolute atomic E-state index is 0.211. The Morgan fingerprint density at radius 3 is 2.79 bits per heavy atom. The molecule has 1 fully saturated rings. The topological polar surface area (TPSA) is 60.2 Å². The van der Waals surface area contributed by atoms with Crippen LogP contribution in [0.3, 0.4) is 0 Å². The highest BCUT2D eigenvalue weighted by atomic mass is 35.5. The Kier molecular flexibility index (Phi) is 4.48. The third-order valence-corrected chi connectivity index (χ3v) is 6.29. The molecule has 2 atom stereocenters. The smallest absolute Gasteiger partial charge is 0.154 e. The molecule has 2 rings (SSSR count). The number of hydrogen-bond donors (Lipinski definition) is 1. The molecule has 2 N–H and O–H groups in total. The van der Waals surface area contributed by atoms with Gasteiger partial charge in [0.1, 0.15) is 5.82 Å². The molecule has 2 unspecified atom stereocenters. The molecule has 1 aromatic rings. The van der Waals surface area contributed by atoms with Gasteiger partial charge in [0.05, 0.1) is 11.0 Å². The largest absolute Gasteiger partial charge is 0.326 e. The van der Waals surface area contributed by atoms with Crippen LogP contribution in [0.15, 0.2) is 18.2 Å². The lowest BCUT2D eigenvalue weighted by Crippen LogP contribution is -2.44. The highest BCUT2D eigenvalue weighted by Crippen LogP contribution is 2.25. The van der Waals surface area contributed by atoms with Gasteiger partial charge < -0.3 is 5.73 Å². The SMILES string of the molecule is NC(Cc1ccc(F)cc1Cl)C1CCCCS1(=O)=O. The van der Waals surface area contributed by atoms with Crippen molar-refractivity contribution < 1.29 is 12.8 Å². The zero-order valence-electron chi connectivity index (χ0n) is 10.5. The van der Waals surface area contributed by atoms with Crippen molar-refractivity contribution in [3.05, 3.63) is 34.6 Å². The van der Waals surface area contributed by atoms with Crippen molar-refractivity contribution in [3.8, 4) is 0 Å². The van der Waals surface area contributed by atoms with E-state index < -0.39 is 26.9 Å². The number of hydrogen-bond acceptors (Lipinski definition) is 3. The van der Waals surface area contributed by atoms with E-state index in [1.54, 1.807) is 6.07 Å². The van der Waals surface area contributed by atoms with E-state index in [-0.39, 0.29) is 5.75 Å². The summed E-state index contributed by atoms with van der Waals surface area (Å²) in [5.74, 6) is -0.199. The summed E-state index contributed by atoms with van der Waals surface area (Å²) in [6, 6.07) is 3.60. The van der Waals surface area contributed by atoms with Crippen molar-refractivity contribution in [2.75, 3.05) is 5.75 Å². The van der Waals surface area contributed by atoms with Crippen LogP contribution in [0.1, 0.15) is 24.8 Å². The van der Waals surface area contributed by atoms with Crippen molar-refractivity contribution in [2.24, 2.45) is 5.73 Å². The molecule has 1 aliphatic rings. The van der Waals surface area contributed by atoms with Gasteiger partial charge in [-0.1, -0.05) is 24.1 Å². The van der Waals surface area contributed by atoms with Crippen molar-refractivity contribution in [2.45, 2.75) is 37.0 Å². The van der Waals surface area contributed by atoms with Crippen LogP contribution < -0.4 is 5.73 Å². The molecular formula is C13H17ClFNO2S. The summed E-state index contributed by atoms with van der Waals surface area (Å²) in [6.07, 6.45) is 2.54. The first-order chi connectivity index (χ1) is 8.90. The van der Waals surface area contributed by atoms with Crippen LogP contribution in [-0.2, 0) is 16.3 Å². The molecule has 1 heterocycles. The van der Waals surface area contributed by atoms with Crippen LogP contribution in [0.4, 0.5) is 4.39 Å². The van der Waals surface area contributed by atoms with Crippen LogP contribution in [0, 0.1) is 5.82 Å². The number of sulfone groups is 1. The fourth-order valence-corrected chi connectivity index (χ4v) is 4.84. The molecule has 106 valence electrons. The number of rotatable bonds is 3. The van der Waals surface area contributed by atoms with Gasteiger partial charge in [-0.15, -0.1) is 0 Å². The second-order valence-electron chi connectivity index (χ2n) is 5.00.